The van der Waals surface area contributed by atoms with Crippen LogP contribution in [0, 0.1) is 0 Å². The number of nitrogens with zero attached hydrogens (tertiary/aromatic N) is 2. The number of ether oxygens (including phenoxy) is 1. The summed E-state index contributed by atoms with van der Waals surface area (Å²) in [6, 6.07) is 7.80. The lowest BCUT2D eigenvalue weighted by Gasteiger charge is -2.21. The number of aromatic nitrogens is 1. The minimum absolute atomic E-state index is 0.0184. The number of hydrogen-bond acceptors (Lipinski definition) is 6. The van der Waals surface area contributed by atoms with Crippen molar-refractivity contribution in [3.8, 4) is 5.75 Å². The van der Waals surface area contributed by atoms with E-state index >= 15 is 0 Å². The zero-order valence-electron chi connectivity index (χ0n) is 16.8. The molecule has 0 radical (unpaired) electrons. The first kappa shape index (κ1) is 21.6. The van der Waals surface area contributed by atoms with Crippen molar-refractivity contribution in [3.63, 3.8) is 0 Å². The van der Waals surface area contributed by atoms with Crippen LogP contribution in [-0.2, 0) is 22.6 Å². The Bertz CT molecular complexity index is 840. The predicted molar refractivity (Wildman–Crippen MR) is 116 cm³/mol. The van der Waals surface area contributed by atoms with Gasteiger partial charge in [-0.15, -0.1) is 11.3 Å². The van der Waals surface area contributed by atoms with E-state index in [0.29, 0.717) is 32.4 Å². The summed E-state index contributed by atoms with van der Waals surface area (Å²) in [4.78, 5) is 31.3. The minimum Gasteiger partial charge on any atom is -0.497 e. The molecule has 0 saturated carbocycles. The van der Waals surface area contributed by atoms with Crippen LogP contribution in [0.2, 0.25) is 0 Å². The highest BCUT2D eigenvalue weighted by atomic mass is 32.2. The fourth-order valence-electron chi connectivity index (χ4n) is 3.34. The molecule has 1 aliphatic heterocycles. The van der Waals surface area contributed by atoms with Crippen LogP contribution in [0.1, 0.15) is 37.4 Å². The Morgan fingerprint density at radius 3 is 3.07 bits per heavy atom. The molecule has 0 spiro atoms. The molecule has 2 amide bonds. The van der Waals surface area contributed by atoms with Gasteiger partial charge in [-0.3, -0.25) is 9.59 Å². The number of rotatable bonds is 8. The number of carbonyl (C=O) groups excluding carboxylic acids is 2. The lowest BCUT2D eigenvalue weighted by atomic mass is 10.1. The number of thiazole rings is 1. The standard InChI is InChI=1S/C21H27N3O3S2/c1-3-28-21-23-17(14-29-21)12-19(25)22-16-7-8-20(26)24(10-9-16)13-15-5-4-6-18(11-15)27-2/h4-6,11,14,16H,3,7-10,12-13H2,1-2H3,(H,22,25). The lowest BCUT2D eigenvalue weighted by molar-refractivity contribution is -0.131. The number of carbonyl (C=O) groups is 2. The second-order valence-corrected chi connectivity index (χ2v) is 9.34. The molecule has 8 heteroatoms. The Kier molecular flexibility index (Phi) is 7.94. The maximum absolute atomic E-state index is 12.5. The summed E-state index contributed by atoms with van der Waals surface area (Å²) in [5.41, 5.74) is 1.86. The fourth-order valence-corrected chi connectivity index (χ4v) is 5.08. The highest BCUT2D eigenvalue weighted by Crippen LogP contribution is 2.22. The summed E-state index contributed by atoms with van der Waals surface area (Å²) >= 11 is 3.27. The second-order valence-electron chi connectivity index (χ2n) is 6.97. The molecule has 1 N–H and O–H groups in total. The van der Waals surface area contributed by atoms with Crippen molar-refractivity contribution >= 4 is 34.9 Å². The first-order valence-corrected chi connectivity index (χ1v) is 11.7. The summed E-state index contributed by atoms with van der Waals surface area (Å²) < 4.78 is 6.27. The van der Waals surface area contributed by atoms with Crippen LogP contribution in [0.5, 0.6) is 5.75 Å². The number of likely N-dealkylation sites (tertiary alicyclic amines) is 1. The van der Waals surface area contributed by atoms with Crippen molar-refractivity contribution in [2.45, 2.75) is 49.5 Å². The van der Waals surface area contributed by atoms with Gasteiger partial charge in [-0.2, -0.15) is 0 Å². The largest absolute Gasteiger partial charge is 0.497 e. The van der Waals surface area contributed by atoms with E-state index in [-0.39, 0.29) is 17.9 Å². The van der Waals surface area contributed by atoms with Crippen molar-refractivity contribution in [2.75, 3.05) is 19.4 Å². The normalized spacial score (nSPS) is 17.1. The van der Waals surface area contributed by atoms with Crippen molar-refractivity contribution in [1.82, 2.24) is 15.2 Å². The zero-order valence-corrected chi connectivity index (χ0v) is 18.5. The number of hydrogen-bond donors (Lipinski definition) is 1. The molecule has 0 bridgehead atoms. The lowest BCUT2D eigenvalue weighted by Crippen LogP contribution is -2.36. The summed E-state index contributed by atoms with van der Waals surface area (Å²) in [5.74, 6) is 1.87. The van der Waals surface area contributed by atoms with Crippen molar-refractivity contribution < 1.29 is 14.3 Å². The van der Waals surface area contributed by atoms with Gasteiger partial charge in [0.2, 0.25) is 11.8 Å². The van der Waals surface area contributed by atoms with E-state index in [2.05, 4.69) is 17.2 Å². The fraction of sp³-hybridized carbons (Fsp3) is 0.476. The first-order chi connectivity index (χ1) is 14.1. The minimum atomic E-state index is -0.0259. The third-order valence-electron chi connectivity index (χ3n) is 4.82. The first-order valence-electron chi connectivity index (χ1n) is 9.84. The molecule has 1 saturated heterocycles. The molecule has 29 heavy (non-hydrogen) atoms. The van der Waals surface area contributed by atoms with Crippen molar-refractivity contribution in [3.05, 3.63) is 40.9 Å². The Balaban J connectivity index is 1.51. The average molecular weight is 434 g/mol. The van der Waals surface area contributed by atoms with Gasteiger partial charge >= 0.3 is 0 Å². The van der Waals surface area contributed by atoms with Crippen LogP contribution in [0.4, 0.5) is 0 Å². The maximum Gasteiger partial charge on any atom is 0.226 e. The molecular weight excluding hydrogens is 406 g/mol. The summed E-state index contributed by atoms with van der Waals surface area (Å²) in [6.45, 7) is 3.28. The Hall–Kier alpha value is -2.06. The van der Waals surface area contributed by atoms with Crippen LogP contribution in [-0.4, -0.2) is 47.1 Å². The van der Waals surface area contributed by atoms with Crippen LogP contribution >= 0.6 is 23.1 Å². The predicted octanol–water partition coefficient (Wildman–Crippen LogP) is 3.50. The van der Waals surface area contributed by atoms with Gasteiger partial charge in [0, 0.05) is 30.9 Å². The number of amides is 2. The molecule has 156 valence electrons. The molecule has 2 heterocycles. The number of nitrogens with one attached hydrogen (secondary N) is 1. The monoisotopic (exact) mass is 433 g/mol. The molecule has 1 aliphatic rings. The zero-order chi connectivity index (χ0) is 20.6. The molecule has 0 aliphatic carbocycles. The molecule has 1 aromatic carbocycles. The van der Waals surface area contributed by atoms with E-state index in [1.54, 1.807) is 30.2 Å². The van der Waals surface area contributed by atoms with Gasteiger partial charge in [0.1, 0.15) is 10.1 Å². The van der Waals surface area contributed by atoms with E-state index in [1.807, 2.05) is 34.5 Å². The van der Waals surface area contributed by atoms with Gasteiger partial charge < -0.3 is 15.0 Å². The van der Waals surface area contributed by atoms with Crippen molar-refractivity contribution in [2.24, 2.45) is 0 Å². The molecule has 1 fully saturated rings. The molecule has 1 aromatic heterocycles. The van der Waals surface area contributed by atoms with E-state index in [4.69, 9.17) is 4.74 Å². The van der Waals surface area contributed by atoms with E-state index in [0.717, 1.165) is 33.5 Å². The van der Waals surface area contributed by atoms with Crippen LogP contribution in [0.25, 0.3) is 0 Å². The van der Waals surface area contributed by atoms with Gasteiger partial charge in [-0.05, 0) is 36.3 Å². The molecule has 1 atom stereocenters. The van der Waals surface area contributed by atoms with Gasteiger partial charge in [-0.25, -0.2) is 4.98 Å². The smallest absolute Gasteiger partial charge is 0.226 e. The quantitative estimate of drug-likeness (QED) is 0.645. The van der Waals surface area contributed by atoms with Crippen LogP contribution in [0.15, 0.2) is 34.0 Å². The van der Waals surface area contributed by atoms with E-state index < -0.39 is 0 Å². The van der Waals surface area contributed by atoms with Crippen molar-refractivity contribution in [1.29, 1.82) is 0 Å². The summed E-state index contributed by atoms with van der Waals surface area (Å²) in [7, 11) is 1.64. The van der Waals surface area contributed by atoms with E-state index in [9.17, 15) is 9.59 Å². The average Bonchev–Trinajstić information content (AvgIpc) is 3.08. The molecular formula is C21H27N3O3S2. The number of benzene rings is 1. The van der Waals surface area contributed by atoms with Crippen LogP contribution in [0.3, 0.4) is 0 Å². The second kappa shape index (κ2) is 10.6. The van der Waals surface area contributed by atoms with Gasteiger partial charge in [0.05, 0.1) is 19.2 Å². The highest BCUT2D eigenvalue weighted by molar-refractivity contribution is 8.00. The Morgan fingerprint density at radius 1 is 1.41 bits per heavy atom. The number of methoxy groups -OCH3 is 1. The Labute approximate surface area is 180 Å². The third-order valence-corrected chi connectivity index (χ3v) is 6.77. The molecule has 6 nitrogen and oxygen atoms in total. The van der Waals surface area contributed by atoms with Gasteiger partial charge in [0.25, 0.3) is 0 Å². The summed E-state index contributed by atoms with van der Waals surface area (Å²) in [5, 5.41) is 5.04. The van der Waals surface area contributed by atoms with Gasteiger partial charge in [0.15, 0.2) is 0 Å². The van der Waals surface area contributed by atoms with Crippen LogP contribution < -0.4 is 10.1 Å². The summed E-state index contributed by atoms with van der Waals surface area (Å²) in [6.07, 6.45) is 2.17. The SMILES string of the molecule is CCSc1nc(CC(=O)NC2CCC(=O)N(Cc3cccc(OC)c3)CC2)cs1. The number of thioether (sulfide) groups is 1. The Morgan fingerprint density at radius 2 is 2.28 bits per heavy atom. The van der Waals surface area contributed by atoms with Gasteiger partial charge in [-0.1, -0.05) is 30.8 Å². The molecule has 1 unspecified atom stereocenters. The third kappa shape index (κ3) is 6.47. The molecule has 3 rings (SSSR count). The molecule has 2 aromatic rings. The van der Waals surface area contributed by atoms with E-state index in [1.165, 1.54) is 0 Å². The maximum atomic E-state index is 12.5. The highest BCUT2D eigenvalue weighted by Gasteiger charge is 2.24. The topological polar surface area (TPSA) is 71.5 Å².